The normalized spacial score (nSPS) is 11.0. The molecule has 2 N–H and O–H groups in total. The number of H-pyrrole nitrogens is 1. The van der Waals surface area contributed by atoms with Crippen molar-refractivity contribution in [1.29, 1.82) is 0 Å². The van der Waals surface area contributed by atoms with Gasteiger partial charge in [0.2, 0.25) is 5.91 Å². The Hall–Kier alpha value is -2.02. The number of thioether (sulfide) groups is 1. The molecule has 0 unspecified atom stereocenters. The summed E-state index contributed by atoms with van der Waals surface area (Å²) in [5.74, 6) is 0.434. The number of carbonyl (C=O) groups excluding carboxylic acids is 1. The summed E-state index contributed by atoms with van der Waals surface area (Å²) in [6.45, 7) is 8.78. The van der Waals surface area contributed by atoms with E-state index < -0.39 is 0 Å². The predicted molar refractivity (Wildman–Crippen MR) is 97.8 cm³/mol. The Balaban J connectivity index is 2.06. The van der Waals surface area contributed by atoms with Gasteiger partial charge < -0.3 is 5.32 Å². The number of carbonyl (C=O) groups is 1. The highest BCUT2D eigenvalue weighted by atomic mass is 32.2. The average Bonchev–Trinajstić information content (AvgIpc) is 2.88. The quantitative estimate of drug-likeness (QED) is 0.753. The number of nitrogens with zero attached hydrogens (tertiary/aromatic N) is 2. The van der Waals surface area contributed by atoms with Gasteiger partial charge in [-0.2, -0.15) is 0 Å². The third kappa shape index (κ3) is 4.29. The van der Waals surface area contributed by atoms with Crippen molar-refractivity contribution in [2.24, 2.45) is 0 Å². The molecule has 0 radical (unpaired) electrons. The number of rotatable bonds is 7. The lowest BCUT2D eigenvalue weighted by molar-refractivity contribution is -0.113. The summed E-state index contributed by atoms with van der Waals surface area (Å²) in [4.78, 5) is 24.0. The van der Waals surface area contributed by atoms with Crippen LogP contribution in [0.2, 0.25) is 0 Å². The molecule has 1 aromatic heterocycles. The molecule has 0 saturated heterocycles. The first-order valence-corrected chi connectivity index (χ1v) is 9.10. The van der Waals surface area contributed by atoms with Gasteiger partial charge in [-0.1, -0.05) is 50.7 Å². The van der Waals surface area contributed by atoms with Crippen molar-refractivity contribution in [1.82, 2.24) is 14.8 Å². The van der Waals surface area contributed by atoms with Crippen molar-refractivity contribution in [3.05, 3.63) is 39.8 Å². The van der Waals surface area contributed by atoms with E-state index in [2.05, 4.69) is 29.4 Å². The fourth-order valence-corrected chi connectivity index (χ4v) is 3.25. The van der Waals surface area contributed by atoms with Gasteiger partial charge >= 0.3 is 5.69 Å². The maximum absolute atomic E-state index is 12.3. The van der Waals surface area contributed by atoms with Crippen LogP contribution in [0.3, 0.4) is 0 Å². The van der Waals surface area contributed by atoms with E-state index in [4.69, 9.17) is 0 Å². The van der Waals surface area contributed by atoms with Gasteiger partial charge in [0.15, 0.2) is 5.16 Å². The van der Waals surface area contributed by atoms with Crippen LogP contribution in [0.5, 0.6) is 0 Å². The van der Waals surface area contributed by atoms with E-state index >= 15 is 0 Å². The minimum atomic E-state index is -0.235. The highest BCUT2D eigenvalue weighted by Crippen LogP contribution is 2.27. The van der Waals surface area contributed by atoms with Crippen LogP contribution >= 0.6 is 11.8 Å². The van der Waals surface area contributed by atoms with Gasteiger partial charge in [-0.25, -0.2) is 9.89 Å². The number of amides is 1. The fraction of sp³-hybridized carbons (Fsp3) is 0.471. The molecule has 130 valence electrons. The second-order valence-electron chi connectivity index (χ2n) is 5.99. The molecular formula is C17H24N4O2S. The van der Waals surface area contributed by atoms with E-state index in [1.54, 1.807) is 4.57 Å². The second kappa shape index (κ2) is 8.19. The van der Waals surface area contributed by atoms with Crippen LogP contribution in [0, 0.1) is 6.92 Å². The molecule has 2 aromatic rings. The summed E-state index contributed by atoms with van der Waals surface area (Å²) in [6.07, 6.45) is 0.833. The average molecular weight is 348 g/mol. The Bertz CT molecular complexity index is 764. The number of aromatic nitrogens is 3. The van der Waals surface area contributed by atoms with Crippen LogP contribution in [0.4, 0.5) is 5.69 Å². The van der Waals surface area contributed by atoms with Crippen molar-refractivity contribution < 1.29 is 4.79 Å². The van der Waals surface area contributed by atoms with Crippen molar-refractivity contribution in [2.45, 2.75) is 51.7 Å². The second-order valence-corrected chi connectivity index (χ2v) is 6.94. The molecule has 1 amide bonds. The molecule has 1 aromatic carbocycles. The summed E-state index contributed by atoms with van der Waals surface area (Å²) < 4.78 is 1.56. The van der Waals surface area contributed by atoms with Crippen molar-refractivity contribution in [2.75, 3.05) is 11.1 Å². The molecule has 0 aliphatic carbocycles. The summed E-state index contributed by atoms with van der Waals surface area (Å²) in [6, 6.07) is 6.02. The minimum absolute atomic E-state index is 0.102. The number of para-hydroxylation sites is 1. The SMILES string of the molecule is CCCn1c(SCC(=O)Nc2c(C)cccc2C(C)C)n[nH]c1=O. The fourth-order valence-electron chi connectivity index (χ4n) is 2.48. The first-order chi connectivity index (χ1) is 11.4. The Morgan fingerprint density at radius 2 is 2.17 bits per heavy atom. The first-order valence-electron chi connectivity index (χ1n) is 8.11. The van der Waals surface area contributed by atoms with E-state index in [1.165, 1.54) is 11.8 Å². The van der Waals surface area contributed by atoms with Crippen LogP contribution in [0.25, 0.3) is 0 Å². The smallest absolute Gasteiger partial charge is 0.325 e. The van der Waals surface area contributed by atoms with Gasteiger partial charge in [-0.15, -0.1) is 5.10 Å². The van der Waals surface area contributed by atoms with Crippen LogP contribution in [0.1, 0.15) is 44.2 Å². The third-order valence-electron chi connectivity index (χ3n) is 3.69. The summed E-state index contributed by atoms with van der Waals surface area (Å²) >= 11 is 1.26. The monoisotopic (exact) mass is 348 g/mol. The molecule has 0 atom stereocenters. The number of hydrogen-bond acceptors (Lipinski definition) is 4. The lowest BCUT2D eigenvalue weighted by Crippen LogP contribution is -2.19. The molecule has 0 aliphatic rings. The number of hydrogen-bond donors (Lipinski definition) is 2. The first kappa shape index (κ1) is 18.3. The molecule has 0 spiro atoms. The van der Waals surface area contributed by atoms with Crippen LogP contribution in [-0.4, -0.2) is 26.4 Å². The van der Waals surface area contributed by atoms with Crippen molar-refractivity contribution in [3.8, 4) is 0 Å². The van der Waals surface area contributed by atoms with Crippen molar-refractivity contribution in [3.63, 3.8) is 0 Å². The van der Waals surface area contributed by atoms with E-state index in [1.807, 2.05) is 32.0 Å². The maximum Gasteiger partial charge on any atom is 0.343 e. The van der Waals surface area contributed by atoms with Gasteiger partial charge in [0.05, 0.1) is 5.75 Å². The van der Waals surface area contributed by atoms with Gasteiger partial charge in [-0.3, -0.25) is 9.36 Å². The van der Waals surface area contributed by atoms with E-state index in [0.29, 0.717) is 17.6 Å². The molecule has 24 heavy (non-hydrogen) atoms. The number of nitrogens with one attached hydrogen (secondary N) is 2. The molecule has 6 nitrogen and oxygen atoms in total. The standard InChI is InChI=1S/C17H24N4O2S/c1-5-9-21-16(23)19-20-17(21)24-10-14(22)18-15-12(4)7-6-8-13(15)11(2)3/h6-8,11H,5,9-10H2,1-4H3,(H,18,22)(H,19,23). The Morgan fingerprint density at radius 1 is 1.42 bits per heavy atom. The molecular weight excluding hydrogens is 324 g/mol. The van der Waals surface area contributed by atoms with Gasteiger partial charge in [0, 0.05) is 12.2 Å². The highest BCUT2D eigenvalue weighted by molar-refractivity contribution is 7.99. The van der Waals surface area contributed by atoms with E-state index in [0.717, 1.165) is 23.2 Å². The molecule has 1 heterocycles. The third-order valence-corrected chi connectivity index (χ3v) is 4.67. The lowest BCUT2D eigenvalue weighted by atomic mass is 9.98. The summed E-state index contributed by atoms with van der Waals surface area (Å²) in [5, 5.41) is 9.97. The van der Waals surface area contributed by atoms with Gasteiger partial charge in [0.25, 0.3) is 0 Å². The number of aromatic amines is 1. The largest absolute Gasteiger partial charge is 0.343 e. The zero-order valence-corrected chi connectivity index (χ0v) is 15.4. The van der Waals surface area contributed by atoms with Crippen molar-refractivity contribution >= 4 is 23.4 Å². The van der Waals surface area contributed by atoms with Gasteiger partial charge in [0.1, 0.15) is 0 Å². The van der Waals surface area contributed by atoms with Crippen LogP contribution in [0.15, 0.2) is 28.2 Å². The maximum atomic E-state index is 12.3. The molecule has 2 rings (SSSR count). The molecule has 0 aliphatic heterocycles. The molecule has 0 fully saturated rings. The lowest BCUT2D eigenvalue weighted by Gasteiger charge is -2.16. The zero-order valence-electron chi connectivity index (χ0n) is 14.5. The summed E-state index contributed by atoms with van der Waals surface area (Å²) in [5.41, 5.74) is 2.81. The number of anilines is 1. The number of aryl methyl sites for hydroxylation is 1. The Kier molecular flexibility index (Phi) is 6.25. The van der Waals surface area contributed by atoms with E-state index in [-0.39, 0.29) is 17.3 Å². The molecule has 0 bridgehead atoms. The van der Waals surface area contributed by atoms with Gasteiger partial charge in [-0.05, 0) is 30.4 Å². The van der Waals surface area contributed by atoms with Crippen LogP contribution in [-0.2, 0) is 11.3 Å². The molecule has 0 saturated carbocycles. The minimum Gasteiger partial charge on any atom is -0.325 e. The predicted octanol–water partition coefficient (Wildman–Crippen LogP) is 3.14. The highest BCUT2D eigenvalue weighted by Gasteiger charge is 2.14. The number of benzene rings is 1. The van der Waals surface area contributed by atoms with E-state index in [9.17, 15) is 9.59 Å². The Labute approximate surface area is 146 Å². The Morgan fingerprint density at radius 3 is 2.83 bits per heavy atom. The summed E-state index contributed by atoms with van der Waals surface area (Å²) in [7, 11) is 0. The topological polar surface area (TPSA) is 79.8 Å². The van der Waals surface area contributed by atoms with Crippen LogP contribution < -0.4 is 11.0 Å². The molecule has 7 heteroatoms. The zero-order chi connectivity index (χ0) is 17.7.